The highest BCUT2D eigenvalue weighted by molar-refractivity contribution is 14.1. The zero-order valence-corrected chi connectivity index (χ0v) is 13.3. The molecule has 0 aliphatic heterocycles. The topological polar surface area (TPSA) is 35.2 Å². The second-order valence-corrected chi connectivity index (χ2v) is 5.97. The van der Waals surface area contributed by atoms with E-state index in [1.54, 1.807) is 0 Å². The Morgan fingerprint density at radius 3 is 2.42 bits per heavy atom. The summed E-state index contributed by atoms with van der Waals surface area (Å²) in [6.45, 7) is 4.63. The lowest BCUT2D eigenvalue weighted by atomic mass is 10.1. The zero-order valence-electron chi connectivity index (χ0n) is 11.2. The van der Waals surface area contributed by atoms with Gasteiger partial charge in [-0.15, -0.1) is 0 Å². The maximum atomic E-state index is 5.87. The summed E-state index contributed by atoms with van der Waals surface area (Å²) in [5.41, 5.74) is 9.31. The summed E-state index contributed by atoms with van der Waals surface area (Å²) in [5.74, 6) is 0.919. The molecule has 0 heterocycles. The Kier molecular flexibility index (Phi) is 4.82. The fourth-order valence-corrected chi connectivity index (χ4v) is 2.22. The first-order valence-electron chi connectivity index (χ1n) is 6.29. The van der Waals surface area contributed by atoms with Gasteiger partial charge in [0.1, 0.15) is 12.4 Å². The van der Waals surface area contributed by atoms with Crippen LogP contribution in [0.1, 0.15) is 29.7 Å². The highest BCUT2D eigenvalue weighted by atomic mass is 127. The van der Waals surface area contributed by atoms with E-state index in [-0.39, 0.29) is 6.04 Å². The predicted molar refractivity (Wildman–Crippen MR) is 87.3 cm³/mol. The van der Waals surface area contributed by atoms with E-state index in [1.807, 2.05) is 19.1 Å². The molecular formula is C16H18INO. The van der Waals surface area contributed by atoms with E-state index >= 15 is 0 Å². The standard InChI is InChI=1S/C16H18INO/c1-11-9-14(12(2)18)5-8-16(11)19-10-13-3-6-15(17)7-4-13/h3-9,12H,10,18H2,1-2H3/t12-/m0/s1. The van der Waals surface area contributed by atoms with E-state index in [2.05, 4.69) is 59.8 Å². The molecule has 2 aromatic carbocycles. The van der Waals surface area contributed by atoms with Crippen molar-refractivity contribution < 1.29 is 4.74 Å². The van der Waals surface area contributed by atoms with Gasteiger partial charge in [0.25, 0.3) is 0 Å². The number of hydrogen-bond donors (Lipinski definition) is 1. The van der Waals surface area contributed by atoms with Gasteiger partial charge >= 0.3 is 0 Å². The van der Waals surface area contributed by atoms with Gasteiger partial charge in [0, 0.05) is 9.61 Å². The highest BCUT2D eigenvalue weighted by Crippen LogP contribution is 2.22. The lowest BCUT2D eigenvalue weighted by Gasteiger charge is -2.12. The lowest BCUT2D eigenvalue weighted by Crippen LogP contribution is -2.05. The quantitative estimate of drug-likeness (QED) is 0.823. The highest BCUT2D eigenvalue weighted by Gasteiger charge is 2.04. The molecule has 19 heavy (non-hydrogen) atoms. The van der Waals surface area contributed by atoms with Crippen LogP contribution >= 0.6 is 22.6 Å². The van der Waals surface area contributed by atoms with Crippen LogP contribution in [-0.4, -0.2) is 0 Å². The summed E-state index contributed by atoms with van der Waals surface area (Å²) >= 11 is 2.30. The second kappa shape index (κ2) is 6.39. The van der Waals surface area contributed by atoms with Crippen LogP contribution in [0.5, 0.6) is 5.75 Å². The van der Waals surface area contributed by atoms with Gasteiger partial charge in [0.05, 0.1) is 0 Å². The molecule has 0 fully saturated rings. The number of benzene rings is 2. The van der Waals surface area contributed by atoms with Crippen LogP contribution < -0.4 is 10.5 Å². The number of hydrogen-bond acceptors (Lipinski definition) is 2. The maximum absolute atomic E-state index is 5.87. The van der Waals surface area contributed by atoms with Gasteiger partial charge in [-0.25, -0.2) is 0 Å². The van der Waals surface area contributed by atoms with Crippen LogP contribution in [0.3, 0.4) is 0 Å². The van der Waals surface area contributed by atoms with E-state index in [4.69, 9.17) is 10.5 Å². The number of aryl methyl sites for hydroxylation is 1. The second-order valence-electron chi connectivity index (χ2n) is 4.73. The minimum Gasteiger partial charge on any atom is -0.489 e. The zero-order chi connectivity index (χ0) is 13.8. The van der Waals surface area contributed by atoms with Gasteiger partial charge in [-0.1, -0.05) is 24.3 Å². The van der Waals surface area contributed by atoms with E-state index in [0.717, 1.165) is 16.9 Å². The summed E-state index contributed by atoms with van der Waals surface area (Å²) in [4.78, 5) is 0. The van der Waals surface area contributed by atoms with Crippen molar-refractivity contribution in [1.29, 1.82) is 0 Å². The van der Waals surface area contributed by atoms with Crippen LogP contribution in [-0.2, 0) is 6.61 Å². The molecule has 0 spiro atoms. The number of rotatable bonds is 4. The van der Waals surface area contributed by atoms with Crippen molar-refractivity contribution in [3.8, 4) is 5.75 Å². The van der Waals surface area contributed by atoms with Crippen LogP contribution in [0.2, 0.25) is 0 Å². The third kappa shape index (κ3) is 3.94. The molecule has 0 aromatic heterocycles. The first kappa shape index (κ1) is 14.3. The van der Waals surface area contributed by atoms with Crippen molar-refractivity contribution in [3.63, 3.8) is 0 Å². The third-order valence-corrected chi connectivity index (χ3v) is 3.75. The van der Waals surface area contributed by atoms with Crippen LogP contribution in [0.15, 0.2) is 42.5 Å². The van der Waals surface area contributed by atoms with Gasteiger partial charge in [-0.2, -0.15) is 0 Å². The number of ether oxygens (including phenoxy) is 1. The smallest absolute Gasteiger partial charge is 0.122 e. The lowest BCUT2D eigenvalue weighted by molar-refractivity contribution is 0.304. The molecule has 100 valence electrons. The predicted octanol–water partition coefficient (Wildman–Crippen LogP) is 4.20. The van der Waals surface area contributed by atoms with Crippen LogP contribution in [0.25, 0.3) is 0 Å². The summed E-state index contributed by atoms with van der Waals surface area (Å²) in [6.07, 6.45) is 0. The fraction of sp³-hybridized carbons (Fsp3) is 0.250. The molecule has 0 radical (unpaired) electrons. The average Bonchev–Trinajstić information content (AvgIpc) is 2.39. The Hall–Kier alpha value is -1.07. The summed E-state index contributed by atoms with van der Waals surface area (Å²) in [5, 5.41) is 0. The summed E-state index contributed by atoms with van der Waals surface area (Å²) < 4.78 is 7.09. The minimum atomic E-state index is 0.0592. The summed E-state index contributed by atoms with van der Waals surface area (Å²) in [7, 11) is 0. The van der Waals surface area contributed by atoms with Crippen LogP contribution in [0.4, 0.5) is 0 Å². The molecule has 0 saturated carbocycles. The van der Waals surface area contributed by atoms with Gasteiger partial charge in [-0.3, -0.25) is 0 Å². The average molecular weight is 367 g/mol. The monoisotopic (exact) mass is 367 g/mol. The molecule has 0 saturated heterocycles. The molecule has 0 bridgehead atoms. The largest absolute Gasteiger partial charge is 0.489 e. The molecular weight excluding hydrogens is 349 g/mol. The molecule has 2 N–H and O–H groups in total. The van der Waals surface area contributed by atoms with E-state index in [0.29, 0.717) is 6.61 Å². The number of nitrogens with two attached hydrogens (primary N) is 1. The van der Waals surface area contributed by atoms with Gasteiger partial charge in [0.2, 0.25) is 0 Å². The summed E-state index contributed by atoms with van der Waals surface area (Å²) in [6, 6.07) is 14.5. The molecule has 0 amide bonds. The molecule has 0 aliphatic carbocycles. The molecule has 3 heteroatoms. The molecule has 2 rings (SSSR count). The van der Waals surface area contributed by atoms with Crippen molar-refractivity contribution in [3.05, 3.63) is 62.7 Å². The first-order chi connectivity index (χ1) is 9.06. The van der Waals surface area contributed by atoms with Gasteiger partial charge < -0.3 is 10.5 Å². The first-order valence-corrected chi connectivity index (χ1v) is 7.37. The molecule has 0 unspecified atom stereocenters. The Morgan fingerprint density at radius 1 is 1.16 bits per heavy atom. The fourth-order valence-electron chi connectivity index (χ4n) is 1.86. The van der Waals surface area contributed by atoms with E-state index < -0.39 is 0 Å². The van der Waals surface area contributed by atoms with Crippen molar-refractivity contribution in [2.75, 3.05) is 0 Å². The van der Waals surface area contributed by atoms with Crippen molar-refractivity contribution in [1.82, 2.24) is 0 Å². The molecule has 2 nitrogen and oxygen atoms in total. The van der Waals surface area contributed by atoms with Crippen molar-refractivity contribution in [2.45, 2.75) is 26.5 Å². The normalized spacial score (nSPS) is 12.2. The minimum absolute atomic E-state index is 0.0592. The molecule has 2 aromatic rings. The van der Waals surface area contributed by atoms with E-state index in [9.17, 15) is 0 Å². The molecule has 1 atom stereocenters. The molecule has 0 aliphatic rings. The van der Waals surface area contributed by atoms with E-state index in [1.165, 1.54) is 9.13 Å². The van der Waals surface area contributed by atoms with Crippen LogP contribution in [0, 0.1) is 10.5 Å². The SMILES string of the molecule is Cc1cc([C@H](C)N)ccc1OCc1ccc(I)cc1. The Morgan fingerprint density at radius 2 is 1.84 bits per heavy atom. The van der Waals surface area contributed by atoms with Crippen molar-refractivity contribution >= 4 is 22.6 Å². The maximum Gasteiger partial charge on any atom is 0.122 e. The van der Waals surface area contributed by atoms with Gasteiger partial charge in [-0.05, 0) is 71.3 Å². The Labute approximate surface area is 128 Å². The van der Waals surface area contributed by atoms with Gasteiger partial charge in [0.15, 0.2) is 0 Å². The third-order valence-electron chi connectivity index (χ3n) is 3.03. The van der Waals surface area contributed by atoms with Crippen molar-refractivity contribution in [2.24, 2.45) is 5.73 Å². The Balaban J connectivity index is 2.05. The number of halogens is 1. The Bertz CT molecular complexity index is 549.